The molecule has 0 spiro atoms. The Kier molecular flexibility index (Phi) is 6.53. The van der Waals surface area contributed by atoms with Crippen LogP contribution in [0, 0.1) is 0 Å². The number of likely N-dealkylation sites (tertiary alicyclic amines) is 1. The van der Waals surface area contributed by atoms with Gasteiger partial charge >= 0.3 is 5.97 Å². The molecule has 2 heterocycles. The minimum Gasteiger partial charge on any atom is -0.466 e. The van der Waals surface area contributed by atoms with Crippen molar-refractivity contribution in [1.29, 1.82) is 0 Å². The molecule has 0 aromatic heterocycles. The molecule has 152 valence electrons. The Morgan fingerprint density at radius 3 is 2.46 bits per heavy atom. The summed E-state index contributed by atoms with van der Waals surface area (Å²) in [4.78, 5) is 28.3. The van der Waals surface area contributed by atoms with E-state index in [0.29, 0.717) is 11.7 Å². The highest BCUT2D eigenvalue weighted by Crippen LogP contribution is 2.24. The molecule has 8 heteroatoms. The molecule has 1 amide bonds. The van der Waals surface area contributed by atoms with Crippen molar-refractivity contribution in [2.75, 3.05) is 57.6 Å². The molecule has 0 aliphatic carbocycles. The lowest BCUT2D eigenvalue weighted by molar-refractivity contribution is -0.136. The molecular formula is C20H28N4O4. The molecule has 0 unspecified atom stereocenters. The van der Waals surface area contributed by atoms with Crippen LogP contribution < -0.4 is 10.6 Å². The number of β-amino-alcohol motifs (C(OH)–C–C–N with tert-alkyl or cyclic N) is 1. The fourth-order valence-electron chi connectivity index (χ4n) is 3.53. The summed E-state index contributed by atoms with van der Waals surface area (Å²) >= 11 is 0. The number of amides is 1. The summed E-state index contributed by atoms with van der Waals surface area (Å²) in [6.45, 7) is 2.32. The van der Waals surface area contributed by atoms with Crippen LogP contribution in [-0.2, 0) is 14.3 Å². The fourth-order valence-corrected chi connectivity index (χ4v) is 3.53. The Balaban J connectivity index is 1.67. The fraction of sp³-hybridized carbons (Fsp3) is 0.500. The minimum atomic E-state index is -0.545. The van der Waals surface area contributed by atoms with E-state index >= 15 is 0 Å². The Morgan fingerprint density at radius 1 is 1.21 bits per heavy atom. The number of piperidine rings is 1. The molecule has 1 fully saturated rings. The first-order chi connectivity index (χ1) is 13.5. The van der Waals surface area contributed by atoms with Gasteiger partial charge in [0.2, 0.25) is 0 Å². The molecule has 1 aromatic rings. The number of anilines is 2. The highest BCUT2D eigenvalue weighted by atomic mass is 16.5. The highest BCUT2D eigenvalue weighted by molar-refractivity contribution is 6.08. The molecule has 0 radical (unpaired) electrons. The second kappa shape index (κ2) is 9.07. The van der Waals surface area contributed by atoms with Crippen LogP contribution in [-0.4, -0.2) is 79.8 Å². The lowest BCUT2D eigenvalue weighted by atomic mass is 10.1. The van der Waals surface area contributed by atoms with Gasteiger partial charge in [0.15, 0.2) is 0 Å². The van der Waals surface area contributed by atoms with Gasteiger partial charge < -0.3 is 30.3 Å². The number of nitrogens with one attached hydrogen (secondary N) is 2. The zero-order chi connectivity index (χ0) is 20.1. The van der Waals surface area contributed by atoms with E-state index in [-0.39, 0.29) is 36.9 Å². The summed E-state index contributed by atoms with van der Waals surface area (Å²) in [5.74, 6) is -0.861. The second-order valence-corrected chi connectivity index (χ2v) is 7.22. The van der Waals surface area contributed by atoms with Gasteiger partial charge in [-0.3, -0.25) is 4.79 Å². The number of aliphatic hydroxyl groups excluding tert-OH is 1. The summed E-state index contributed by atoms with van der Waals surface area (Å²) in [6, 6.07) is 8.14. The van der Waals surface area contributed by atoms with Gasteiger partial charge in [-0.1, -0.05) is 0 Å². The number of aliphatic hydroxyl groups is 1. The number of carbonyl (C=O) groups is 2. The minimum absolute atomic E-state index is 0.129. The van der Waals surface area contributed by atoms with Crippen molar-refractivity contribution in [3.05, 3.63) is 35.5 Å². The molecular weight excluding hydrogens is 360 g/mol. The molecule has 0 atom stereocenters. The quantitative estimate of drug-likeness (QED) is 0.597. The van der Waals surface area contributed by atoms with Crippen molar-refractivity contribution < 1.29 is 19.4 Å². The zero-order valence-corrected chi connectivity index (χ0v) is 16.4. The van der Waals surface area contributed by atoms with Crippen LogP contribution in [0.5, 0.6) is 0 Å². The summed E-state index contributed by atoms with van der Waals surface area (Å²) in [5, 5.41) is 15.7. The number of hydrogen-bond acceptors (Lipinski definition) is 7. The monoisotopic (exact) mass is 388 g/mol. The maximum Gasteiger partial charge on any atom is 0.337 e. The molecule has 0 bridgehead atoms. The van der Waals surface area contributed by atoms with E-state index in [2.05, 4.69) is 22.6 Å². The Bertz CT molecular complexity index is 739. The first-order valence-electron chi connectivity index (χ1n) is 9.55. The maximum atomic E-state index is 12.6. The van der Waals surface area contributed by atoms with Crippen LogP contribution in [0.4, 0.5) is 11.4 Å². The van der Waals surface area contributed by atoms with Crippen LogP contribution in [0.15, 0.2) is 35.5 Å². The first kappa shape index (κ1) is 20.2. The Hall–Kier alpha value is -2.58. The smallest absolute Gasteiger partial charge is 0.337 e. The van der Waals surface area contributed by atoms with E-state index in [1.807, 2.05) is 24.3 Å². The number of esters is 1. The van der Waals surface area contributed by atoms with Gasteiger partial charge in [-0.15, -0.1) is 0 Å². The number of hydrogen-bond donors (Lipinski definition) is 3. The number of benzene rings is 1. The topological polar surface area (TPSA) is 94.1 Å². The van der Waals surface area contributed by atoms with Crippen LogP contribution in [0.3, 0.4) is 0 Å². The average Bonchev–Trinajstić information content (AvgIpc) is 3.01. The molecule has 3 N–H and O–H groups in total. The van der Waals surface area contributed by atoms with Gasteiger partial charge in [0.25, 0.3) is 5.91 Å². The van der Waals surface area contributed by atoms with Gasteiger partial charge in [0, 0.05) is 24.0 Å². The van der Waals surface area contributed by atoms with Crippen LogP contribution in [0.1, 0.15) is 12.8 Å². The van der Waals surface area contributed by atoms with Crippen molar-refractivity contribution in [1.82, 2.24) is 9.80 Å². The lowest BCUT2D eigenvalue weighted by Gasteiger charge is -2.30. The number of methoxy groups -OCH3 is 1. The molecule has 28 heavy (non-hydrogen) atoms. The van der Waals surface area contributed by atoms with Crippen LogP contribution in [0.2, 0.25) is 0 Å². The number of carbonyl (C=O) groups excluding carboxylic acids is 2. The predicted molar refractivity (Wildman–Crippen MR) is 107 cm³/mol. The lowest BCUT2D eigenvalue weighted by Crippen LogP contribution is -2.36. The van der Waals surface area contributed by atoms with Crippen LogP contribution in [0.25, 0.3) is 0 Å². The number of nitrogens with zero attached hydrogens (tertiary/aromatic N) is 2. The van der Waals surface area contributed by atoms with E-state index in [0.717, 1.165) is 31.6 Å². The van der Waals surface area contributed by atoms with Gasteiger partial charge in [0.05, 0.1) is 25.8 Å². The Morgan fingerprint density at radius 2 is 1.86 bits per heavy atom. The summed E-state index contributed by atoms with van der Waals surface area (Å²) in [6.07, 6.45) is 2.22. The normalized spacial score (nSPS) is 18.5. The molecule has 2 aliphatic heterocycles. The SMILES string of the molecule is COC(=O)C1=C(Nc2ccc(NC3CCN(C)CC3)cc2)C(=O)N(CCO)C1. The predicted octanol–water partition coefficient (Wildman–Crippen LogP) is 0.866. The third-order valence-electron chi connectivity index (χ3n) is 5.20. The number of rotatable bonds is 7. The molecule has 3 rings (SSSR count). The van der Waals surface area contributed by atoms with E-state index < -0.39 is 5.97 Å². The summed E-state index contributed by atoms with van der Waals surface area (Å²) in [7, 11) is 3.43. The highest BCUT2D eigenvalue weighted by Gasteiger charge is 2.34. The van der Waals surface area contributed by atoms with Crippen molar-refractivity contribution in [3.8, 4) is 0 Å². The second-order valence-electron chi connectivity index (χ2n) is 7.22. The van der Waals surface area contributed by atoms with Crippen molar-refractivity contribution in [3.63, 3.8) is 0 Å². The molecule has 1 saturated heterocycles. The van der Waals surface area contributed by atoms with Gasteiger partial charge in [0.1, 0.15) is 5.70 Å². The first-order valence-corrected chi connectivity index (χ1v) is 9.55. The summed E-state index contributed by atoms with van der Waals surface area (Å²) < 4.78 is 4.80. The Labute approximate surface area is 165 Å². The third-order valence-corrected chi connectivity index (χ3v) is 5.20. The van der Waals surface area contributed by atoms with Crippen molar-refractivity contribution in [2.45, 2.75) is 18.9 Å². The van der Waals surface area contributed by atoms with Crippen LogP contribution >= 0.6 is 0 Å². The molecule has 1 aromatic carbocycles. The van der Waals surface area contributed by atoms with E-state index in [1.165, 1.54) is 12.0 Å². The third kappa shape index (κ3) is 4.63. The molecule has 8 nitrogen and oxygen atoms in total. The maximum absolute atomic E-state index is 12.6. The van der Waals surface area contributed by atoms with Crippen molar-refractivity contribution >= 4 is 23.3 Å². The van der Waals surface area contributed by atoms with Gasteiger partial charge in [-0.25, -0.2) is 4.79 Å². The number of ether oxygens (including phenoxy) is 1. The van der Waals surface area contributed by atoms with E-state index in [9.17, 15) is 9.59 Å². The molecule has 0 saturated carbocycles. The van der Waals surface area contributed by atoms with E-state index in [4.69, 9.17) is 9.84 Å². The van der Waals surface area contributed by atoms with Crippen molar-refractivity contribution in [2.24, 2.45) is 0 Å². The standard InChI is InChI=1S/C20H28N4O4/c1-23-9-7-16(8-10-23)21-14-3-5-15(6-4-14)22-18-17(20(27)28-2)13-24(11-12-25)19(18)26/h3-6,16,21-22,25H,7-13H2,1-2H3. The summed E-state index contributed by atoms with van der Waals surface area (Å²) in [5.41, 5.74) is 2.22. The van der Waals surface area contributed by atoms with Gasteiger partial charge in [-0.2, -0.15) is 0 Å². The zero-order valence-electron chi connectivity index (χ0n) is 16.4. The molecule has 2 aliphatic rings. The van der Waals surface area contributed by atoms with E-state index in [1.54, 1.807) is 0 Å². The van der Waals surface area contributed by atoms with Gasteiger partial charge in [-0.05, 0) is 57.2 Å². The largest absolute Gasteiger partial charge is 0.466 e. The average molecular weight is 388 g/mol.